The van der Waals surface area contributed by atoms with Crippen molar-refractivity contribution in [2.75, 3.05) is 19.5 Å². The minimum atomic E-state index is -0.144. The lowest BCUT2D eigenvalue weighted by Crippen LogP contribution is -2.30. The zero-order valence-electron chi connectivity index (χ0n) is 15.2. The molecule has 0 heterocycles. The fourth-order valence-corrected chi connectivity index (χ4v) is 3.22. The zero-order valence-corrected chi connectivity index (χ0v) is 15.2. The second-order valence-corrected chi connectivity index (χ2v) is 6.45. The number of carbonyl (C=O) groups excluding carboxylic acids is 1. The maximum Gasteiger partial charge on any atom is 0.252 e. The van der Waals surface area contributed by atoms with Crippen LogP contribution in [0.2, 0.25) is 0 Å². The molecule has 3 aromatic carbocycles. The fraction of sp³-hybridized carbons (Fsp3) is 0.227. The van der Waals surface area contributed by atoms with Gasteiger partial charge in [0.15, 0.2) is 0 Å². The molecule has 0 aliphatic carbocycles. The van der Waals surface area contributed by atoms with Crippen molar-refractivity contribution in [2.24, 2.45) is 0 Å². The normalized spacial score (nSPS) is 12.1. The molecular weight excluding hydrogens is 324 g/mol. The van der Waals surface area contributed by atoms with Crippen LogP contribution in [0, 0.1) is 6.92 Å². The average Bonchev–Trinajstić information content (AvgIpc) is 2.66. The summed E-state index contributed by atoms with van der Waals surface area (Å²) in [4.78, 5) is 12.9. The number of carbonyl (C=O) groups is 1. The topological polar surface area (TPSA) is 64.3 Å². The minimum Gasteiger partial charge on any atom is -0.399 e. The lowest BCUT2D eigenvalue weighted by Gasteiger charge is -2.21. The molecule has 1 atom stereocenters. The van der Waals surface area contributed by atoms with Crippen LogP contribution < -0.4 is 11.1 Å². The van der Waals surface area contributed by atoms with Gasteiger partial charge in [-0.05, 0) is 47.4 Å². The quantitative estimate of drug-likeness (QED) is 0.655. The van der Waals surface area contributed by atoms with E-state index in [-0.39, 0.29) is 11.9 Å². The van der Waals surface area contributed by atoms with E-state index in [1.54, 1.807) is 19.2 Å². The van der Waals surface area contributed by atoms with E-state index in [2.05, 4.69) is 29.6 Å². The highest BCUT2D eigenvalue weighted by Crippen LogP contribution is 2.27. The smallest absolute Gasteiger partial charge is 0.252 e. The standard InChI is InChI=1S/C22H24N2O2/c1-15-10-11-17(23)14-20(15)22(25)24-21(12-13-26-2)19-9-5-7-16-6-3-4-8-18(16)19/h3-11,14,21H,12-13,23H2,1-2H3,(H,24,25). The average molecular weight is 348 g/mol. The molecule has 1 unspecified atom stereocenters. The molecule has 3 N–H and O–H groups in total. The van der Waals surface area contributed by atoms with Crippen molar-refractivity contribution >= 4 is 22.4 Å². The van der Waals surface area contributed by atoms with Crippen molar-refractivity contribution in [3.63, 3.8) is 0 Å². The summed E-state index contributed by atoms with van der Waals surface area (Å²) in [6, 6.07) is 19.6. The molecule has 0 fully saturated rings. The highest BCUT2D eigenvalue weighted by Gasteiger charge is 2.19. The van der Waals surface area contributed by atoms with Crippen LogP contribution in [0.5, 0.6) is 0 Å². The van der Waals surface area contributed by atoms with Crippen LogP contribution in [0.3, 0.4) is 0 Å². The Labute approximate surface area is 154 Å². The van der Waals surface area contributed by atoms with Crippen LogP contribution in [-0.4, -0.2) is 19.6 Å². The minimum absolute atomic E-state index is 0.121. The van der Waals surface area contributed by atoms with E-state index in [9.17, 15) is 4.79 Å². The van der Waals surface area contributed by atoms with Gasteiger partial charge in [-0.15, -0.1) is 0 Å². The molecule has 0 radical (unpaired) electrons. The van der Waals surface area contributed by atoms with Crippen molar-refractivity contribution in [2.45, 2.75) is 19.4 Å². The Morgan fingerprint density at radius 1 is 1.12 bits per heavy atom. The number of methoxy groups -OCH3 is 1. The van der Waals surface area contributed by atoms with Gasteiger partial charge in [-0.25, -0.2) is 0 Å². The van der Waals surface area contributed by atoms with Gasteiger partial charge < -0.3 is 15.8 Å². The van der Waals surface area contributed by atoms with Crippen molar-refractivity contribution in [3.8, 4) is 0 Å². The summed E-state index contributed by atoms with van der Waals surface area (Å²) in [5, 5.41) is 5.46. The lowest BCUT2D eigenvalue weighted by molar-refractivity contribution is 0.0924. The third-order valence-electron chi connectivity index (χ3n) is 4.62. The molecule has 0 spiro atoms. The Morgan fingerprint density at radius 3 is 2.69 bits per heavy atom. The molecule has 0 saturated carbocycles. The van der Waals surface area contributed by atoms with E-state index in [1.165, 1.54) is 0 Å². The third-order valence-corrected chi connectivity index (χ3v) is 4.62. The molecule has 0 bridgehead atoms. The van der Waals surface area contributed by atoms with Gasteiger partial charge in [-0.3, -0.25) is 4.79 Å². The fourth-order valence-electron chi connectivity index (χ4n) is 3.22. The molecule has 0 aliphatic rings. The summed E-state index contributed by atoms with van der Waals surface area (Å²) in [6.45, 7) is 2.47. The molecular formula is C22H24N2O2. The molecule has 4 heteroatoms. The number of rotatable bonds is 6. The second-order valence-electron chi connectivity index (χ2n) is 6.45. The molecule has 1 amide bonds. The summed E-state index contributed by atoms with van der Waals surface area (Å²) in [5.74, 6) is -0.121. The molecule has 26 heavy (non-hydrogen) atoms. The van der Waals surface area contributed by atoms with E-state index in [1.807, 2.05) is 31.2 Å². The van der Waals surface area contributed by atoms with Crippen LogP contribution in [0.15, 0.2) is 60.7 Å². The van der Waals surface area contributed by atoms with Crippen LogP contribution in [0.1, 0.15) is 33.9 Å². The maximum absolute atomic E-state index is 12.9. The summed E-state index contributed by atoms with van der Waals surface area (Å²) < 4.78 is 5.26. The molecule has 134 valence electrons. The zero-order chi connectivity index (χ0) is 18.5. The van der Waals surface area contributed by atoms with Gasteiger partial charge in [0.05, 0.1) is 6.04 Å². The number of nitrogens with two attached hydrogens (primary N) is 1. The molecule has 4 nitrogen and oxygen atoms in total. The number of hydrogen-bond donors (Lipinski definition) is 2. The van der Waals surface area contributed by atoms with Gasteiger partial charge in [-0.2, -0.15) is 0 Å². The van der Waals surface area contributed by atoms with Gasteiger partial charge in [0.1, 0.15) is 0 Å². The van der Waals surface area contributed by atoms with Crippen molar-refractivity contribution < 1.29 is 9.53 Å². The van der Waals surface area contributed by atoms with Crippen molar-refractivity contribution in [3.05, 3.63) is 77.4 Å². The molecule has 0 aromatic heterocycles. The summed E-state index contributed by atoms with van der Waals surface area (Å²) >= 11 is 0. The van der Waals surface area contributed by atoms with Crippen LogP contribution in [0.25, 0.3) is 10.8 Å². The first-order valence-corrected chi connectivity index (χ1v) is 8.73. The van der Waals surface area contributed by atoms with E-state index in [4.69, 9.17) is 10.5 Å². The number of aryl methyl sites for hydroxylation is 1. The third kappa shape index (κ3) is 3.86. The van der Waals surface area contributed by atoms with Gasteiger partial charge in [-0.1, -0.05) is 48.5 Å². The van der Waals surface area contributed by atoms with Crippen molar-refractivity contribution in [1.82, 2.24) is 5.32 Å². The predicted molar refractivity (Wildman–Crippen MR) is 106 cm³/mol. The van der Waals surface area contributed by atoms with Crippen LogP contribution in [0.4, 0.5) is 5.69 Å². The molecule has 3 rings (SSSR count). The SMILES string of the molecule is COCCC(NC(=O)c1cc(N)ccc1C)c1cccc2ccccc12. The number of nitrogen functional groups attached to an aromatic ring is 1. The van der Waals surface area contributed by atoms with E-state index in [0.717, 1.165) is 21.9 Å². The number of fused-ring (bicyclic) bond motifs is 1. The Kier molecular flexibility index (Phi) is 5.54. The Hall–Kier alpha value is -2.85. The van der Waals surface area contributed by atoms with Gasteiger partial charge in [0, 0.05) is 25.0 Å². The number of amides is 1. The molecule has 3 aromatic rings. The highest BCUT2D eigenvalue weighted by atomic mass is 16.5. The first-order valence-electron chi connectivity index (χ1n) is 8.73. The van der Waals surface area contributed by atoms with Gasteiger partial charge in [0.25, 0.3) is 5.91 Å². The van der Waals surface area contributed by atoms with E-state index >= 15 is 0 Å². The van der Waals surface area contributed by atoms with E-state index < -0.39 is 0 Å². The first-order chi connectivity index (χ1) is 12.6. The Bertz CT molecular complexity index is 916. The van der Waals surface area contributed by atoms with Crippen molar-refractivity contribution in [1.29, 1.82) is 0 Å². The largest absolute Gasteiger partial charge is 0.399 e. The van der Waals surface area contributed by atoms with Crippen LogP contribution >= 0.6 is 0 Å². The second kappa shape index (κ2) is 8.02. The van der Waals surface area contributed by atoms with E-state index in [0.29, 0.717) is 24.3 Å². The Morgan fingerprint density at radius 2 is 1.88 bits per heavy atom. The Balaban J connectivity index is 1.95. The monoisotopic (exact) mass is 348 g/mol. The summed E-state index contributed by atoms with van der Waals surface area (Å²) in [7, 11) is 1.67. The lowest BCUT2D eigenvalue weighted by atomic mass is 9.96. The molecule has 0 aliphatic heterocycles. The summed E-state index contributed by atoms with van der Waals surface area (Å²) in [6.07, 6.45) is 0.692. The number of benzene rings is 3. The molecule has 0 saturated heterocycles. The predicted octanol–water partition coefficient (Wildman–Crippen LogP) is 4.24. The van der Waals surface area contributed by atoms with Gasteiger partial charge in [0.2, 0.25) is 0 Å². The number of ether oxygens (including phenoxy) is 1. The van der Waals surface area contributed by atoms with Crippen LogP contribution in [-0.2, 0) is 4.74 Å². The number of nitrogens with one attached hydrogen (secondary N) is 1. The first kappa shape index (κ1) is 18.0. The van der Waals surface area contributed by atoms with Gasteiger partial charge >= 0.3 is 0 Å². The summed E-state index contributed by atoms with van der Waals surface area (Å²) in [5.41, 5.74) is 9.04. The number of hydrogen-bond acceptors (Lipinski definition) is 3. The maximum atomic E-state index is 12.9. The highest BCUT2D eigenvalue weighted by molar-refractivity contribution is 5.97. The number of anilines is 1.